The van der Waals surface area contributed by atoms with E-state index in [-0.39, 0.29) is 11.5 Å². The van der Waals surface area contributed by atoms with Crippen molar-refractivity contribution >= 4 is 5.78 Å². The first-order chi connectivity index (χ1) is 12.6. The van der Waals surface area contributed by atoms with E-state index < -0.39 is 0 Å². The number of Topliss-reactive ketones (excluding diaryl/α,β-unsaturated/α-hetero) is 1. The molecule has 1 N–H and O–H groups in total. The molecule has 26 heavy (non-hydrogen) atoms. The van der Waals surface area contributed by atoms with Crippen LogP contribution in [0.25, 0.3) is 0 Å². The first kappa shape index (κ1) is 22.0. The van der Waals surface area contributed by atoms with E-state index in [0.29, 0.717) is 30.8 Å². The zero-order chi connectivity index (χ0) is 19.2. The molecular formula is C22H33NO3. The standard InChI is InChI=1S/C22H33NO3/c1-3-13-20-21(15-14-19(18(2)24)22(20)25)26-17-12-10-8-6-4-5-7-9-11-16-23/h14-15,25H,3-13,17H2,1-2H3. The van der Waals surface area contributed by atoms with Crippen LogP contribution in [0.4, 0.5) is 0 Å². The third-order valence-electron chi connectivity index (χ3n) is 4.56. The van der Waals surface area contributed by atoms with Gasteiger partial charge in [-0.1, -0.05) is 51.9 Å². The van der Waals surface area contributed by atoms with Crippen LogP contribution in [0.2, 0.25) is 0 Å². The van der Waals surface area contributed by atoms with E-state index in [1.54, 1.807) is 6.07 Å². The summed E-state index contributed by atoms with van der Waals surface area (Å²) < 4.78 is 5.88. The van der Waals surface area contributed by atoms with Crippen LogP contribution in [0.1, 0.15) is 94.0 Å². The van der Waals surface area contributed by atoms with Crippen molar-refractivity contribution < 1.29 is 14.6 Å². The second kappa shape index (κ2) is 13.2. The van der Waals surface area contributed by atoms with Crippen LogP contribution >= 0.6 is 0 Å². The van der Waals surface area contributed by atoms with Gasteiger partial charge in [-0.2, -0.15) is 5.26 Å². The number of hydrogen-bond donors (Lipinski definition) is 1. The van der Waals surface area contributed by atoms with Crippen molar-refractivity contribution in [3.63, 3.8) is 0 Å². The Labute approximate surface area is 158 Å². The molecule has 0 aliphatic rings. The van der Waals surface area contributed by atoms with Gasteiger partial charge in [0, 0.05) is 12.0 Å². The number of aromatic hydroxyl groups is 1. The first-order valence-corrected chi connectivity index (χ1v) is 9.97. The third kappa shape index (κ3) is 7.91. The number of benzene rings is 1. The molecule has 0 atom stereocenters. The lowest BCUT2D eigenvalue weighted by atomic mass is 10.0. The van der Waals surface area contributed by atoms with Crippen LogP contribution in [0.5, 0.6) is 11.5 Å². The van der Waals surface area contributed by atoms with E-state index in [1.807, 2.05) is 13.0 Å². The van der Waals surface area contributed by atoms with Crippen molar-refractivity contribution in [2.75, 3.05) is 6.61 Å². The van der Waals surface area contributed by atoms with Gasteiger partial charge >= 0.3 is 0 Å². The molecule has 144 valence electrons. The number of ether oxygens (including phenoxy) is 1. The molecule has 0 heterocycles. The lowest BCUT2D eigenvalue weighted by Crippen LogP contribution is -2.03. The van der Waals surface area contributed by atoms with E-state index in [4.69, 9.17) is 10.00 Å². The Bertz CT molecular complexity index is 590. The van der Waals surface area contributed by atoms with Crippen molar-refractivity contribution in [3.05, 3.63) is 23.3 Å². The summed E-state index contributed by atoms with van der Waals surface area (Å²) in [6.07, 6.45) is 11.5. The maximum Gasteiger partial charge on any atom is 0.163 e. The van der Waals surface area contributed by atoms with Gasteiger partial charge in [-0.15, -0.1) is 0 Å². The zero-order valence-corrected chi connectivity index (χ0v) is 16.4. The fraction of sp³-hybridized carbons (Fsp3) is 0.636. The number of nitriles is 1. The fourth-order valence-corrected chi connectivity index (χ4v) is 3.08. The van der Waals surface area contributed by atoms with Crippen LogP contribution in [0.3, 0.4) is 0 Å². The molecule has 0 saturated heterocycles. The normalized spacial score (nSPS) is 10.5. The van der Waals surface area contributed by atoms with Crippen molar-refractivity contribution in [1.29, 1.82) is 5.26 Å². The predicted molar refractivity (Wildman–Crippen MR) is 105 cm³/mol. The fourth-order valence-electron chi connectivity index (χ4n) is 3.08. The van der Waals surface area contributed by atoms with E-state index >= 15 is 0 Å². The molecule has 0 unspecified atom stereocenters. The number of unbranched alkanes of at least 4 members (excludes halogenated alkanes) is 8. The largest absolute Gasteiger partial charge is 0.507 e. The lowest BCUT2D eigenvalue weighted by molar-refractivity contribution is 0.101. The highest BCUT2D eigenvalue weighted by molar-refractivity contribution is 5.97. The zero-order valence-electron chi connectivity index (χ0n) is 16.4. The second-order valence-corrected chi connectivity index (χ2v) is 6.83. The average molecular weight is 360 g/mol. The van der Waals surface area contributed by atoms with Crippen molar-refractivity contribution in [1.82, 2.24) is 0 Å². The molecule has 0 fully saturated rings. The number of phenols is 1. The van der Waals surface area contributed by atoms with E-state index in [1.165, 1.54) is 32.6 Å². The summed E-state index contributed by atoms with van der Waals surface area (Å²) in [7, 11) is 0. The quantitative estimate of drug-likeness (QED) is 0.328. The van der Waals surface area contributed by atoms with Gasteiger partial charge in [0.15, 0.2) is 5.78 Å². The van der Waals surface area contributed by atoms with E-state index in [2.05, 4.69) is 6.07 Å². The van der Waals surface area contributed by atoms with E-state index in [0.717, 1.165) is 37.7 Å². The number of ketones is 1. The Morgan fingerprint density at radius 1 is 1.08 bits per heavy atom. The van der Waals surface area contributed by atoms with Crippen molar-refractivity contribution in [2.45, 2.75) is 84.5 Å². The van der Waals surface area contributed by atoms with Gasteiger partial charge in [-0.25, -0.2) is 0 Å². The summed E-state index contributed by atoms with van der Waals surface area (Å²) in [6.45, 7) is 4.15. The maximum atomic E-state index is 11.6. The number of carbonyl (C=O) groups is 1. The molecule has 0 aromatic heterocycles. The minimum Gasteiger partial charge on any atom is -0.507 e. The number of carbonyl (C=O) groups excluding carboxylic acids is 1. The molecule has 0 bridgehead atoms. The molecule has 0 saturated carbocycles. The van der Waals surface area contributed by atoms with Gasteiger partial charge < -0.3 is 9.84 Å². The highest BCUT2D eigenvalue weighted by atomic mass is 16.5. The van der Waals surface area contributed by atoms with Crippen molar-refractivity contribution in [3.8, 4) is 17.6 Å². The molecule has 0 aliphatic carbocycles. The summed E-state index contributed by atoms with van der Waals surface area (Å²) in [5.74, 6) is 0.652. The topological polar surface area (TPSA) is 70.3 Å². The van der Waals surface area contributed by atoms with Crippen LogP contribution < -0.4 is 4.74 Å². The number of phenolic OH excluding ortho intramolecular Hbond substituents is 1. The summed E-state index contributed by atoms with van der Waals surface area (Å²) in [5.41, 5.74) is 1.12. The first-order valence-electron chi connectivity index (χ1n) is 9.97. The monoisotopic (exact) mass is 359 g/mol. The number of rotatable bonds is 14. The van der Waals surface area contributed by atoms with Gasteiger partial charge in [0.05, 0.1) is 18.2 Å². The molecule has 4 nitrogen and oxygen atoms in total. The molecule has 1 rings (SSSR count). The van der Waals surface area contributed by atoms with Crippen LogP contribution in [0, 0.1) is 11.3 Å². The number of nitrogens with zero attached hydrogens (tertiary/aromatic N) is 1. The molecular weight excluding hydrogens is 326 g/mol. The smallest absolute Gasteiger partial charge is 0.163 e. The van der Waals surface area contributed by atoms with Gasteiger partial charge in [0.25, 0.3) is 0 Å². The summed E-state index contributed by atoms with van der Waals surface area (Å²) in [5, 5.41) is 18.8. The Morgan fingerprint density at radius 3 is 2.27 bits per heavy atom. The third-order valence-corrected chi connectivity index (χ3v) is 4.56. The number of hydrogen-bond acceptors (Lipinski definition) is 4. The minimum atomic E-state index is -0.126. The SMILES string of the molecule is CCCc1c(OCCCCCCCCCCC#N)ccc(C(C)=O)c1O. The molecule has 4 heteroatoms. The highest BCUT2D eigenvalue weighted by Gasteiger charge is 2.15. The van der Waals surface area contributed by atoms with Crippen LogP contribution in [-0.2, 0) is 6.42 Å². The molecule has 0 radical (unpaired) electrons. The lowest BCUT2D eigenvalue weighted by Gasteiger charge is -2.14. The Balaban J connectivity index is 2.29. The van der Waals surface area contributed by atoms with Crippen LogP contribution in [-0.4, -0.2) is 17.5 Å². The Hall–Kier alpha value is -2.02. The molecule has 0 spiro atoms. The maximum absolute atomic E-state index is 11.6. The molecule has 0 amide bonds. The summed E-state index contributed by atoms with van der Waals surface area (Å²) in [6, 6.07) is 5.64. The second-order valence-electron chi connectivity index (χ2n) is 6.83. The summed E-state index contributed by atoms with van der Waals surface area (Å²) >= 11 is 0. The molecule has 1 aromatic rings. The van der Waals surface area contributed by atoms with Gasteiger partial charge in [0.2, 0.25) is 0 Å². The minimum absolute atomic E-state index is 0.0771. The Morgan fingerprint density at radius 2 is 1.69 bits per heavy atom. The van der Waals surface area contributed by atoms with Gasteiger partial charge in [0.1, 0.15) is 11.5 Å². The predicted octanol–water partition coefficient (Wildman–Crippen LogP) is 5.96. The van der Waals surface area contributed by atoms with Crippen molar-refractivity contribution in [2.24, 2.45) is 0 Å². The Kier molecular flexibility index (Phi) is 11.2. The van der Waals surface area contributed by atoms with E-state index in [9.17, 15) is 9.90 Å². The average Bonchev–Trinajstić information content (AvgIpc) is 2.62. The summed E-state index contributed by atoms with van der Waals surface area (Å²) in [4.78, 5) is 11.6. The molecule has 1 aromatic carbocycles. The highest BCUT2D eigenvalue weighted by Crippen LogP contribution is 2.33. The van der Waals surface area contributed by atoms with Gasteiger partial charge in [-0.05, 0) is 38.3 Å². The van der Waals surface area contributed by atoms with Gasteiger partial charge in [-0.3, -0.25) is 4.79 Å². The van der Waals surface area contributed by atoms with Crippen LogP contribution in [0.15, 0.2) is 12.1 Å². The molecule has 0 aliphatic heterocycles.